The first kappa shape index (κ1) is 11.7. The van der Waals surface area contributed by atoms with E-state index < -0.39 is 7.74 Å². The van der Waals surface area contributed by atoms with Crippen molar-refractivity contribution in [3.05, 3.63) is 35.9 Å². The zero-order chi connectivity index (χ0) is 10.1. The van der Waals surface area contributed by atoms with Gasteiger partial charge in [0.2, 0.25) is 0 Å². The van der Waals surface area contributed by atoms with Gasteiger partial charge in [0.25, 0.3) is 0 Å². The number of hydrogen-bond donors (Lipinski definition) is 1. The molecule has 0 aliphatic heterocycles. The van der Waals surface area contributed by atoms with Gasteiger partial charge in [-0.2, -0.15) is 0 Å². The predicted octanol–water partition coefficient (Wildman–Crippen LogP) is 3.73. The zero-order valence-corrected chi connectivity index (χ0v) is 11.7. The van der Waals surface area contributed by atoms with Crippen LogP contribution in [0.1, 0.15) is 12.5 Å². The lowest BCUT2D eigenvalue weighted by Gasteiger charge is -2.32. The van der Waals surface area contributed by atoms with Crippen molar-refractivity contribution >= 4 is 47.8 Å². The molecule has 1 atom stereocenters. The molecule has 0 saturated heterocycles. The van der Waals surface area contributed by atoms with Gasteiger partial charge in [-0.15, -0.1) is 0 Å². The number of rotatable bonds is 1. The summed E-state index contributed by atoms with van der Waals surface area (Å²) in [7, 11) is 0. The Balaban J connectivity index is 3.08. The normalized spacial score (nSPS) is 16.7. The van der Waals surface area contributed by atoms with Gasteiger partial charge in [-0.05, 0) is 12.5 Å². The Bertz CT molecular complexity index is 277. The molecule has 0 fully saturated rings. The molecule has 13 heavy (non-hydrogen) atoms. The van der Waals surface area contributed by atoms with Crippen LogP contribution in [0, 0.1) is 0 Å². The van der Waals surface area contributed by atoms with Gasteiger partial charge in [0.15, 0.2) is 2.14 Å². The summed E-state index contributed by atoms with van der Waals surface area (Å²) in [6, 6.07) is 9.44. The number of alkyl halides is 3. The van der Waals surface area contributed by atoms with Gasteiger partial charge in [0.05, 0.1) is 0 Å². The van der Waals surface area contributed by atoms with Crippen molar-refractivity contribution in [2.45, 2.75) is 14.7 Å². The van der Waals surface area contributed by atoms with Crippen molar-refractivity contribution in [1.82, 2.24) is 0 Å². The van der Waals surface area contributed by atoms with E-state index in [1.54, 1.807) is 6.92 Å². The number of benzene rings is 1. The van der Waals surface area contributed by atoms with Crippen LogP contribution < -0.4 is 0 Å². The molecule has 0 radical (unpaired) electrons. The Kier molecular flexibility index (Phi) is 3.60. The highest BCUT2D eigenvalue weighted by Crippen LogP contribution is 2.48. The average molecular weight is 373 g/mol. The lowest BCUT2D eigenvalue weighted by molar-refractivity contribution is 0.0725. The molecule has 1 aromatic carbocycles. The molecule has 0 heterocycles. The summed E-state index contributed by atoms with van der Waals surface area (Å²) < 4.78 is -0.707. The van der Waals surface area contributed by atoms with E-state index in [1.165, 1.54) is 0 Å². The minimum absolute atomic E-state index is 0.707. The van der Waals surface area contributed by atoms with Gasteiger partial charge in [0, 0.05) is 0 Å². The summed E-state index contributed by atoms with van der Waals surface area (Å²) in [5.41, 5.74) is -0.186. The van der Waals surface area contributed by atoms with E-state index in [2.05, 4.69) is 47.8 Å². The first-order valence-corrected chi connectivity index (χ1v) is 6.08. The fourth-order valence-corrected chi connectivity index (χ4v) is 1.61. The standard InChI is InChI=1S/C9H9Br3O/c1-8(13,9(10,11)12)7-5-3-2-4-6-7/h2-6,13H,1H3/t8-/m1/s1. The molecule has 0 unspecified atom stereocenters. The predicted molar refractivity (Wildman–Crippen MR) is 65.5 cm³/mol. The van der Waals surface area contributed by atoms with E-state index in [0.29, 0.717) is 0 Å². The van der Waals surface area contributed by atoms with Crippen LogP contribution in [0.5, 0.6) is 0 Å². The maximum atomic E-state index is 10.2. The molecule has 0 aliphatic carbocycles. The van der Waals surface area contributed by atoms with Gasteiger partial charge < -0.3 is 5.11 Å². The van der Waals surface area contributed by atoms with E-state index in [4.69, 9.17) is 0 Å². The molecule has 4 heteroatoms. The topological polar surface area (TPSA) is 20.2 Å². The molecule has 1 N–H and O–H groups in total. The Morgan fingerprint density at radius 1 is 1.08 bits per heavy atom. The number of halogens is 3. The first-order valence-electron chi connectivity index (χ1n) is 3.70. The van der Waals surface area contributed by atoms with Crippen LogP contribution >= 0.6 is 47.8 Å². The van der Waals surface area contributed by atoms with Crippen molar-refractivity contribution < 1.29 is 5.11 Å². The van der Waals surface area contributed by atoms with Crippen LogP contribution in [0.15, 0.2) is 30.3 Å². The summed E-state index contributed by atoms with van der Waals surface area (Å²) in [5, 5.41) is 10.2. The minimum Gasteiger partial charge on any atom is -0.382 e. The van der Waals surface area contributed by atoms with Gasteiger partial charge >= 0.3 is 0 Å². The van der Waals surface area contributed by atoms with E-state index in [1.807, 2.05) is 30.3 Å². The fourth-order valence-electron chi connectivity index (χ4n) is 0.926. The monoisotopic (exact) mass is 370 g/mol. The second-order valence-corrected chi connectivity index (χ2v) is 9.70. The molecule has 0 aromatic heterocycles. The summed E-state index contributed by atoms with van der Waals surface area (Å²) in [6.07, 6.45) is 0. The molecule has 1 aromatic rings. The van der Waals surface area contributed by atoms with Gasteiger partial charge in [0.1, 0.15) is 5.60 Å². The second kappa shape index (κ2) is 4.01. The molecule has 1 nitrogen and oxygen atoms in total. The summed E-state index contributed by atoms with van der Waals surface area (Å²) >= 11 is 9.96. The van der Waals surface area contributed by atoms with Crippen LogP contribution in [-0.4, -0.2) is 7.25 Å². The second-order valence-electron chi connectivity index (χ2n) is 2.94. The van der Waals surface area contributed by atoms with Crippen molar-refractivity contribution in [3.63, 3.8) is 0 Å². The van der Waals surface area contributed by atoms with E-state index >= 15 is 0 Å². The number of aliphatic hydroxyl groups is 1. The van der Waals surface area contributed by atoms with Crippen molar-refractivity contribution in [2.75, 3.05) is 0 Å². The van der Waals surface area contributed by atoms with Crippen molar-refractivity contribution in [3.8, 4) is 0 Å². The highest BCUT2D eigenvalue weighted by Gasteiger charge is 2.42. The molecular weight excluding hydrogens is 364 g/mol. The lowest BCUT2D eigenvalue weighted by Crippen LogP contribution is -2.35. The van der Waals surface area contributed by atoms with E-state index in [9.17, 15) is 5.11 Å². The lowest BCUT2D eigenvalue weighted by atomic mass is 9.99. The molecular formula is C9H9Br3O. The molecule has 72 valence electrons. The maximum absolute atomic E-state index is 10.2. The van der Waals surface area contributed by atoms with Crippen LogP contribution in [0.4, 0.5) is 0 Å². The van der Waals surface area contributed by atoms with E-state index in [-0.39, 0.29) is 0 Å². The van der Waals surface area contributed by atoms with E-state index in [0.717, 1.165) is 5.56 Å². The summed E-state index contributed by atoms with van der Waals surface area (Å²) in [4.78, 5) is 0. The molecule has 0 amide bonds. The molecule has 0 spiro atoms. The third kappa shape index (κ3) is 2.55. The third-order valence-corrected chi connectivity index (χ3v) is 4.20. The average Bonchev–Trinajstić information content (AvgIpc) is 2.04. The molecule has 0 saturated carbocycles. The first-order chi connectivity index (χ1) is 5.86. The Morgan fingerprint density at radius 2 is 1.54 bits per heavy atom. The zero-order valence-electron chi connectivity index (χ0n) is 6.97. The largest absolute Gasteiger partial charge is 0.382 e. The smallest absolute Gasteiger partial charge is 0.167 e. The highest BCUT2D eigenvalue weighted by molar-refractivity contribution is 9.39. The van der Waals surface area contributed by atoms with Crippen LogP contribution in [0.3, 0.4) is 0 Å². The van der Waals surface area contributed by atoms with Crippen LogP contribution in [-0.2, 0) is 5.60 Å². The SMILES string of the molecule is C[C@@](O)(c1ccccc1)C(Br)(Br)Br. The van der Waals surface area contributed by atoms with Crippen molar-refractivity contribution in [1.29, 1.82) is 0 Å². The fraction of sp³-hybridized carbons (Fsp3) is 0.333. The minimum atomic E-state index is -1.02. The van der Waals surface area contributed by atoms with Crippen LogP contribution in [0.2, 0.25) is 0 Å². The van der Waals surface area contributed by atoms with Gasteiger partial charge in [-0.1, -0.05) is 78.1 Å². The Hall–Kier alpha value is 0.620. The molecule has 0 aliphatic rings. The Morgan fingerprint density at radius 3 is 1.92 bits per heavy atom. The molecule has 0 bridgehead atoms. The van der Waals surface area contributed by atoms with Gasteiger partial charge in [-0.3, -0.25) is 0 Å². The number of hydrogen-bond acceptors (Lipinski definition) is 1. The van der Waals surface area contributed by atoms with Crippen LogP contribution in [0.25, 0.3) is 0 Å². The maximum Gasteiger partial charge on any atom is 0.167 e. The molecule has 1 rings (SSSR count). The summed E-state index contributed by atoms with van der Waals surface area (Å²) in [5.74, 6) is 0. The van der Waals surface area contributed by atoms with Crippen molar-refractivity contribution in [2.24, 2.45) is 0 Å². The quantitative estimate of drug-likeness (QED) is 0.745. The Labute approximate surface area is 103 Å². The highest BCUT2D eigenvalue weighted by atomic mass is 80.0. The third-order valence-electron chi connectivity index (χ3n) is 1.89. The summed E-state index contributed by atoms with van der Waals surface area (Å²) in [6.45, 7) is 1.72. The van der Waals surface area contributed by atoms with Gasteiger partial charge in [-0.25, -0.2) is 0 Å².